The lowest BCUT2D eigenvalue weighted by molar-refractivity contribution is -0.148. The summed E-state index contributed by atoms with van der Waals surface area (Å²) in [7, 11) is -4.70. The van der Waals surface area contributed by atoms with E-state index >= 15 is 0 Å². The molecule has 1 aromatic rings. The fraction of sp³-hybridized carbons (Fsp3) is 0.467. The van der Waals surface area contributed by atoms with E-state index in [-0.39, 0.29) is 6.61 Å². The van der Waals surface area contributed by atoms with E-state index in [4.69, 9.17) is 14.4 Å². The van der Waals surface area contributed by atoms with Crippen LogP contribution in [0, 0.1) is 5.92 Å². The summed E-state index contributed by atoms with van der Waals surface area (Å²) < 4.78 is 26.1. The smallest absolute Gasteiger partial charge is 0.474 e. The number of hydrogen-bond acceptors (Lipinski definition) is 6. The van der Waals surface area contributed by atoms with Crippen LogP contribution in [0.1, 0.15) is 26.3 Å². The Balaban J connectivity index is 2.48. The van der Waals surface area contributed by atoms with Gasteiger partial charge in [0.2, 0.25) is 0 Å². The minimum Gasteiger partial charge on any atom is -0.479 e. The Morgan fingerprint density at radius 1 is 1.16 bits per heavy atom. The molecule has 1 aromatic carbocycles. The number of hydrogen-bond donors (Lipinski definition) is 3. The van der Waals surface area contributed by atoms with Gasteiger partial charge in [-0.05, 0) is 18.4 Å². The molecule has 0 aliphatic heterocycles. The number of carbonyl (C=O) groups excluding carboxylic acids is 1. The molecule has 0 bridgehead atoms. The second-order valence-electron chi connectivity index (χ2n) is 5.53. The first kappa shape index (κ1) is 21.1. The van der Waals surface area contributed by atoms with Crippen molar-refractivity contribution in [1.29, 1.82) is 0 Å². The summed E-state index contributed by atoms with van der Waals surface area (Å²) >= 11 is 0. The molecular formula is C15H22NO8P. The lowest BCUT2D eigenvalue weighted by Crippen LogP contribution is -2.35. The van der Waals surface area contributed by atoms with Crippen LogP contribution >= 0.6 is 7.82 Å². The number of rotatable bonds is 9. The summed E-state index contributed by atoms with van der Waals surface area (Å²) in [5.74, 6) is -1.95. The minimum absolute atomic E-state index is 0.0150. The molecule has 0 heterocycles. The molecule has 3 unspecified atom stereocenters. The van der Waals surface area contributed by atoms with E-state index in [2.05, 4.69) is 9.84 Å². The lowest BCUT2D eigenvalue weighted by Gasteiger charge is -2.22. The molecule has 0 saturated carbocycles. The molecule has 0 fully saturated rings. The third-order valence-corrected chi connectivity index (χ3v) is 4.00. The molecule has 0 saturated heterocycles. The van der Waals surface area contributed by atoms with Crippen LogP contribution in [0.2, 0.25) is 0 Å². The number of aliphatic carboxylic acids is 1. The SMILES string of the molecule is CC(NC(=O)OCc1ccccc1)OP(=O)(O)OC(C(=O)O)C(C)C. The van der Waals surface area contributed by atoms with Crippen LogP contribution in [-0.2, 0) is 29.8 Å². The molecule has 1 amide bonds. The van der Waals surface area contributed by atoms with Crippen molar-refractivity contribution in [2.24, 2.45) is 5.92 Å². The van der Waals surface area contributed by atoms with Gasteiger partial charge in [0.15, 0.2) is 6.10 Å². The maximum absolute atomic E-state index is 11.9. The predicted molar refractivity (Wildman–Crippen MR) is 87.5 cm³/mol. The van der Waals surface area contributed by atoms with Crippen molar-refractivity contribution in [3.8, 4) is 0 Å². The van der Waals surface area contributed by atoms with E-state index in [1.165, 1.54) is 20.8 Å². The number of phosphoric acid groups is 1. The number of amides is 1. The van der Waals surface area contributed by atoms with Gasteiger partial charge in [-0.3, -0.25) is 14.4 Å². The highest BCUT2D eigenvalue weighted by Crippen LogP contribution is 2.46. The Labute approximate surface area is 145 Å². The van der Waals surface area contributed by atoms with Crippen molar-refractivity contribution < 1.29 is 37.9 Å². The van der Waals surface area contributed by atoms with Crippen LogP contribution in [0.25, 0.3) is 0 Å². The number of alkyl carbamates (subject to hydrolysis) is 1. The second kappa shape index (κ2) is 9.53. The summed E-state index contributed by atoms with van der Waals surface area (Å²) in [6.45, 7) is 4.32. The summed E-state index contributed by atoms with van der Waals surface area (Å²) in [5.41, 5.74) is 0.767. The number of carboxylic acid groups (broad SMARTS) is 1. The Bertz CT molecular complexity index is 621. The Hall–Kier alpha value is -1.93. The average molecular weight is 375 g/mol. The molecular weight excluding hydrogens is 353 g/mol. The zero-order valence-corrected chi connectivity index (χ0v) is 15.0. The van der Waals surface area contributed by atoms with Crippen LogP contribution in [0.5, 0.6) is 0 Å². The largest absolute Gasteiger partial charge is 0.479 e. The van der Waals surface area contributed by atoms with Gasteiger partial charge in [-0.1, -0.05) is 44.2 Å². The van der Waals surface area contributed by atoms with E-state index in [9.17, 15) is 19.0 Å². The van der Waals surface area contributed by atoms with Gasteiger partial charge in [0.05, 0.1) is 0 Å². The van der Waals surface area contributed by atoms with Crippen molar-refractivity contribution in [1.82, 2.24) is 5.32 Å². The molecule has 10 heteroatoms. The van der Waals surface area contributed by atoms with Crippen LogP contribution < -0.4 is 5.32 Å². The number of phosphoric ester groups is 1. The molecule has 3 N–H and O–H groups in total. The fourth-order valence-electron chi connectivity index (χ4n) is 1.78. The van der Waals surface area contributed by atoms with Crippen LogP contribution in [0.3, 0.4) is 0 Å². The van der Waals surface area contributed by atoms with Crippen molar-refractivity contribution >= 4 is 19.9 Å². The van der Waals surface area contributed by atoms with Gasteiger partial charge in [-0.25, -0.2) is 14.2 Å². The van der Waals surface area contributed by atoms with Gasteiger partial charge in [0.25, 0.3) is 0 Å². The summed E-state index contributed by atoms with van der Waals surface area (Å²) in [6, 6.07) is 8.92. The molecule has 0 aliphatic carbocycles. The molecule has 0 spiro atoms. The minimum atomic E-state index is -4.70. The maximum Gasteiger partial charge on any atom is 0.474 e. The zero-order chi connectivity index (χ0) is 19.0. The standard InChI is InChI=1S/C15H22NO8P/c1-10(2)13(14(17)18)24-25(20,21)23-11(3)16-15(19)22-9-12-7-5-4-6-8-12/h4-8,10-11,13H,9H2,1-3H3,(H,16,19)(H,17,18)(H,20,21). The highest BCUT2D eigenvalue weighted by Gasteiger charge is 2.34. The molecule has 0 aromatic heterocycles. The van der Waals surface area contributed by atoms with E-state index in [0.717, 1.165) is 5.56 Å². The van der Waals surface area contributed by atoms with Crippen molar-refractivity contribution in [3.05, 3.63) is 35.9 Å². The summed E-state index contributed by atoms with van der Waals surface area (Å²) in [5, 5.41) is 11.2. The number of ether oxygens (including phenoxy) is 1. The molecule has 9 nitrogen and oxygen atoms in total. The third-order valence-electron chi connectivity index (χ3n) is 2.92. The number of benzene rings is 1. The highest BCUT2D eigenvalue weighted by atomic mass is 31.2. The molecule has 3 atom stereocenters. The topological polar surface area (TPSA) is 131 Å². The monoisotopic (exact) mass is 375 g/mol. The predicted octanol–water partition coefficient (Wildman–Crippen LogP) is 2.50. The fourth-order valence-corrected chi connectivity index (χ4v) is 2.90. The highest BCUT2D eigenvalue weighted by molar-refractivity contribution is 7.47. The molecule has 0 aliphatic rings. The molecule has 0 radical (unpaired) electrons. The first-order valence-corrected chi connectivity index (χ1v) is 9.00. The summed E-state index contributed by atoms with van der Waals surface area (Å²) in [4.78, 5) is 32.3. The lowest BCUT2D eigenvalue weighted by atomic mass is 10.1. The molecule has 25 heavy (non-hydrogen) atoms. The quantitative estimate of drug-likeness (QED) is 0.443. The maximum atomic E-state index is 11.9. The first-order valence-electron chi connectivity index (χ1n) is 7.50. The van der Waals surface area contributed by atoms with Crippen molar-refractivity contribution in [2.45, 2.75) is 39.7 Å². The molecule has 1 rings (SSSR count). The van der Waals surface area contributed by atoms with Crippen LogP contribution in [0.15, 0.2) is 30.3 Å². The third kappa shape index (κ3) is 8.13. The average Bonchev–Trinajstić information content (AvgIpc) is 2.50. The van der Waals surface area contributed by atoms with Crippen LogP contribution in [0.4, 0.5) is 4.79 Å². The van der Waals surface area contributed by atoms with E-state index in [0.29, 0.717) is 0 Å². The zero-order valence-electron chi connectivity index (χ0n) is 14.1. The van der Waals surface area contributed by atoms with Crippen molar-refractivity contribution in [2.75, 3.05) is 0 Å². The number of carbonyl (C=O) groups is 2. The van der Waals surface area contributed by atoms with Crippen molar-refractivity contribution in [3.63, 3.8) is 0 Å². The Morgan fingerprint density at radius 3 is 2.28 bits per heavy atom. The van der Waals surface area contributed by atoms with Gasteiger partial charge in [-0.2, -0.15) is 0 Å². The van der Waals surface area contributed by atoms with Gasteiger partial charge in [0, 0.05) is 0 Å². The van der Waals surface area contributed by atoms with E-state index < -0.39 is 38.1 Å². The Kier molecular flexibility index (Phi) is 8.05. The Morgan fingerprint density at radius 2 is 1.76 bits per heavy atom. The van der Waals surface area contributed by atoms with Gasteiger partial charge >= 0.3 is 19.9 Å². The normalized spacial score (nSPS) is 15.9. The van der Waals surface area contributed by atoms with Gasteiger partial charge in [-0.15, -0.1) is 0 Å². The van der Waals surface area contributed by atoms with Gasteiger partial charge in [0.1, 0.15) is 12.8 Å². The molecule has 140 valence electrons. The summed E-state index contributed by atoms with van der Waals surface area (Å²) in [6.07, 6.45) is -3.62. The van der Waals surface area contributed by atoms with Gasteiger partial charge < -0.3 is 14.7 Å². The second-order valence-corrected chi connectivity index (χ2v) is 6.89. The first-order chi connectivity index (χ1) is 11.6. The number of carboxylic acids is 1. The van der Waals surface area contributed by atoms with Crippen LogP contribution in [-0.4, -0.2) is 34.4 Å². The van der Waals surface area contributed by atoms with E-state index in [1.807, 2.05) is 6.07 Å². The van der Waals surface area contributed by atoms with E-state index in [1.54, 1.807) is 24.3 Å². The number of nitrogens with one attached hydrogen (secondary N) is 1.